The van der Waals surface area contributed by atoms with Crippen LogP contribution in [0.25, 0.3) is 0 Å². The largest absolute Gasteiger partial charge is 0.490 e. The highest BCUT2D eigenvalue weighted by molar-refractivity contribution is 5.91. The molecule has 0 aliphatic heterocycles. The van der Waals surface area contributed by atoms with Crippen LogP contribution in [0.4, 0.5) is 4.39 Å². The fraction of sp³-hybridized carbons (Fsp3) is 0.138. The van der Waals surface area contributed by atoms with E-state index in [1.54, 1.807) is 0 Å². The van der Waals surface area contributed by atoms with Crippen molar-refractivity contribution in [2.75, 3.05) is 7.11 Å². The summed E-state index contributed by atoms with van der Waals surface area (Å²) in [5.41, 5.74) is 2.28. The minimum absolute atomic E-state index is 0.00783. The number of hydrogen-bond donors (Lipinski definition) is 0. The van der Waals surface area contributed by atoms with Crippen molar-refractivity contribution in [2.24, 2.45) is 0 Å². The number of ether oxygens (including phenoxy) is 4. The van der Waals surface area contributed by atoms with Gasteiger partial charge in [0, 0.05) is 6.07 Å². The van der Waals surface area contributed by atoms with Crippen molar-refractivity contribution in [3.05, 3.63) is 125 Å². The fourth-order valence-electron chi connectivity index (χ4n) is 3.43. The average molecular weight is 473 g/mol. The lowest BCUT2D eigenvalue weighted by Crippen LogP contribution is -2.11. The molecule has 6 heteroatoms. The highest BCUT2D eigenvalue weighted by Crippen LogP contribution is 2.42. The number of hydrogen-bond acceptors (Lipinski definition) is 5. The van der Waals surface area contributed by atoms with E-state index in [0.717, 1.165) is 16.7 Å². The fourth-order valence-corrected chi connectivity index (χ4v) is 3.43. The highest BCUT2D eigenvalue weighted by Gasteiger charge is 2.26. The molecule has 5 nitrogen and oxygen atoms in total. The maximum atomic E-state index is 15.4. The molecule has 35 heavy (non-hydrogen) atoms. The van der Waals surface area contributed by atoms with E-state index < -0.39 is 11.8 Å². The quantitative estimate of drug-likeness (QED) is 0.252. The number of halogens is 1. The van der Waals surface area contributed by atoms with E-state index in [9.17, 15) is 4.79 Å². The van der Waals surface area contributed by atoms with E-state index in [-0.39, 0.29) is 42.6 Å². The van der Waals surface area contributed by atoms with Crippen LogP contribution in [0.2, 0.25) is 0 Å². The van der Waals surface area contributed by atoms with Crippen molar-refractivity contribution in [1.82, 2.24) is 0 Å². The number of esters is 1. The normalized spacial score (nSPS) is 10.5. The zero-order valence-electron chi connectivity index (χ0n) is 19.3. The van der Waals surface area contributed by atoms with Crippen LogP contribution in [0.15, 0.2) is 97.1 Å². The zero-order valence-corrected chi connectivity index (χ0v) is 19.3. The first-order valence-corrected chi connectivity index (χ1v) is 11.1. The summed E-state index contributed by atoms with van der Waals surface area (Å²) in [4.78, 5) is 12.8. The van der Waals surface area contributed by atoms with Crippen molar-refractivity contribution >= 4 is 5.97 Å². The molecule has 0 radical (unpaired) electrons. The summed E-state index contributed by atoms with van der Waals surface area (Å²) in [6.07, 6.45) is 0. The van der Waals surface area contributed by atoms with E-state index in [1.807, 2.05) is 91.0 Å². The number of rotatable bonds is 10. The Hall–Kier alpha value is -4.32. The van der Waals surface area contributed by atoms with Gasteiger partial charge in [-0.25, -0.2) is 9.18 Å². The molecule has 0 spiro atoms. The van der Waals surface area contributed by atoms with Gasteiger partial charge in [0.05, 0.1) is 7.11 Å². The molecule has 0 saturated carbocycles. The second kappa shape index (κ2) is 11.7. The molecule has 4 aromatic rings. The van der Waals surface area contributed by atoms with Crippen LogP contribution in [0, 0.1) is 5.82 Å². The molecule has 0 aromatic heterocycles. The molecule has 0 fully saturated rings. The summed E-state index contributed by atoms with van der Waals surface area (Å²) < 4.78 is 38.0. The summed E-state index contributed by atoms with van der Waals surface area (Å²) in [6, 6.07) is 29.4. The van der Waals surface area contributed by atoms with E-state index >= 15 is 4.39 Å². The van der Waals surface area contributed by atoms with Crippen molar-refractivity contribution in [1.29, 1.82) is 0 Å². The Morgan fingerprint density at radius 3 is 1.69 bits per heavy atom. The van der Waals surface area contributed by atoms with Crippen LogP contribution in [-0.4, -0.2) is 13.1 Å². The second-order valence-corrected chi connectivity index (χ2v) is 7.71. The lowest BCUT2D eigenvalue weighted by molar-refractivity contribution is 0.0465. The summed E-state index contributed by atoms with van der Waals surface area (Å²) in [6.45, 7) is 0.361. The van der Waals surface area contributed by atoms with Crippen LogP contribution in [0.3, 0.4) is 0 Å². The minimum Gasteiger partial charge on any atom is -0.490 e. The molecule has 0 N–H and O–H groups in total. The van der Waals surface area contributed by atoms with E-state index in [0.29, 0.717) is 0 Å². The lowest BCUT2D eigenvalue weighted by atomic mass is 10.1. The molecule has 0 bridgehead atoms. The smallest absolute Gasteiger partial charge is 0.341 e. The van der Waals surface area contributed by atoms with E-state index in [2.05, 4.69) is 0 Å². The topological polar surface area (TPSA) is 54.0 Å². The first-order valence-electron chi connectivity index (χ1n) is 11.1. The molecule has 0 heterocycles. The number of methoxy groups -OCH3 is 1. The van der Waals surface area contributed by atoms with Gasteiger partial charge in [0.1, 0.15) is 25.4 Å². The molecular formula is C29H25FO5. The van der Waals surface area contributed by atoms with Crippen molar-refractivity contribution in [3.8, 4) is 17.2 Å². The third kappa shape index (κ3) is 6.18. The predicted molar refractivity (Wildman–Crippen MR) is 130 cm³/mol. The Balaban J connectivity index is 1.63. The third-order valence-electron chi connectivity index (χ3n) is 5.24. The molecule has 178 valence electrons. The van der Waals surface area contributed by atoms with Gasteiger partial charge in [-0.15, -0.1) is 0 Å². The second-order valence-electron chi connectivity index (χ2n) is 7.71. The molecule has 0 unspecified atom stereocenters. The summed E-state index contributed by atoms with van der Waals surface area (Å²) >= 11 is 0. The van der Waals surface area contributed by atoms with Gasteiger partial charge in [-0.1, -0.05) is 91.0 Å². The van der Waals surface area contributed by atoms with Crippen molar-refractivity contribution < 1.29 is 28.1 Å². The Morgan fingerprint density at radius 2 is 1.17 bits per heavy atom. The van der Waals surface area contributed by atoms with Crippen LogP contribution in [0.1, 0.15) is 27.0 Å². The SMILES string of the molecule is COc1c(F)c(C(=O)OCc2ccccc2)cc(OCc2ccccc2)c1OCc1ccccc1. The molecule has 0 amide bonds. The minimum atomic E-state index is -0.874. The molecule has 0 aliphatic rings. The summed E-state index contributed by atoms with van der Waals surface area (Å²) in [5, 5.41) is 0. The first kappa shape index (κ1) is 23.8. The maximum Gasteiger partial charge on any atom is 0.341 e. The Kier molecular flexibility index (Phi) is 7.96. The van der Waals surface area contributed by atoms with Gasteiger partial charge in [0.25, 0.3) is 0 Å². The van der Waals surface area contributed by atoms with Crippen molar-refractivity contribution in [3.63, 3.8) is 0 Å². The van der Waals surface area contributed by atoms with Crippen LogP contribution in [0.5, 0.6) is 17.2 Å². The van der Waals surface area contributed by atoms with Gasteiger partial charge in [0.2, 0.25) is 11.5 Å². The Bertz CT molecular complexity index is 1240. The Labute approximate surface area is 203 Å². The Morgan fingerprint density at radius 1 is 0.686 bits per heavy atom. The molecule has 0 atom stereocenters. The summed E-state index contributed by atoms with van der Waals surface area (Å²) in [5.74, 6) is -1.68. The highest BCUT2D eigenvalue weighted by atomic mass is 19.1. The molecule has 4 aromatic carbocycles. The number of carbonyl (C=O) groups excluding carboxylic acids is 1. The van der Waals surface area contributed by atoms with Gasteiger partial charge in [-0.2, -0.15) is 0 Å². The average Bonchev–Trinajstić information content (AvgIpc) is 2.91. The van der Waals surface area contributed by atoms with Crippen LogP contribution >= 0.6 is 0 Å². The molecular weight excluding hydrogens is 447 g/mol. The van der Waals surface area contributed by atoms with Gasteiger partial charge in [-0.05, 0) is 16.7 Å². The molecule has 0 aliphatic carbocycles. The first-order chi connectivity index (χ1) is 17.2. The van der Waals surface area contributed by atoms with Gasteiger partial charge in [0.15, 0.2) is 11.6 Å². The predicted octanol–water partition coefficient (Wildman–Crippen LogP) is 6.35. The van der Waals surface area contributed by atoms with Crippen LogP contribution in [-0.2, 0) is 24.6 Å². The van der Waals surface area contributed by atoms with Gasteiger partial charge >= 0.3 is 5.97 Å². The lowest BCUT2D eigenvalue weighted by Gasteiger charge is -2.18. The monoisotopic (exact) mass is 472 g/mol. The third-order valence-corrected chi connectivity index (χ3v) is 5.24. The number of carbonyl (C=O) groups is 1. The molecule has 0 saturated heterocycles. The van der Waals surface area contributed by atoms with E-state index in [1.165, 1.54) is 13.2 Å². The van der Waals surface area contributed by atoms with Gasteiger partial charge in [-0.3, -0.25) is 0 Å². The number of benzene rings is 4. The zero-order chi connectivity index (χ0) is 24.5. The molecule has 4 rings (SSSR count). The maximum absolute atomic E-state index is 15.4. The van der Waals surface area contributed by atoms with E-state index in [4.69, 9.17) is 18.9 Å². The van der Waals surface area contributed by atoms with Crippen molar-refractivity contribution in [2.45, 2.75) is 19.8 Å². The van der Waals surface area contributed by atoms with Gasteiger partial charge < -0.3 is 18.9 Å². The standard InChI is InChI=1S/C29H25FO5/c1-32-28-26(30)24(29(31)35-20-23-15-9-4-10-16-23)17-25(33-18-21-11-5-2-6-12-21)27(28)34-19-22-13-7-3-8-14-22/h2-17H,18-20H2,1H3. The van der Waals surface area contributed by atoms with Crippen LogP contribution < -0.4 is 14.2 Å². The summed E-state index contributed by atoms with van der Waals surface area (Å²) in [7, 11) is 1.31.